The van der Waals surface area contributed by atoms with Gasteiger partial charge in [0.1, 0.15) is 5.75 Å². The van der Waals surface area contributed by atoms with Crippen molar-refractivity contribution in [1.29, 1.82) is 0 Å². The summed E-state index contributed by atoms with van der Waals surface area (Å²) in [5.74, 6) is 1.60. The number of nitrogens with zero attached hydrogens (tertiary/aromatic N) is 1. The van der Waals surface area contributed by atoms with Gasteiger partial charge in [0.25, 0.3) is 0 Å². The van der Waals surface area contributed by atoms with Crippen LogP contribution in [0.3, 0.4) is 0 Å². The van der Waals surface area contributed by atoms with E-state index in [4.69, 9.17) is 10.5 Å². The first-order valence-corrected chi connectivity index (χ1v) is 6.89. The van der Waals surface area contributed by atoms with Crippen molar-refractivity contribution in [2.75, 3.05) is 19.7 Å². The molecular formula is C15H25ClN2O. The molecule has 108 valence electrons. The Balaban J connectivity index is 0.00000180. The number of hydrogen-bond donors (Lipinski definition) is 1. The first-order valence-electron chi connectivity index (χ1n) is 6.89. The molecule has 1 aromatic rings. The minimum Gasteiger partial charge on any atom is -0.494 e. The van der Waals surface area contributed by atoms with Crippen LogP contribution in [0.4, 0.5) is 0 Å². The van der Waals surface area contributed by atoms with E-state index in [2.05, 4.69) is 30.0 Å². The summed E-state index contributed by atoms with van der Waals surface area (Å²) in [4.78, 5) is 2.48. The van der Waals surface area contributed by atoms with E-state index in [1.165, 1.54) is 5.56 Å². The minimum absolute atomic E-state index is 0. The molecule has 19 heavy (non-hydrogen) atoms. The number of benzene rings is 1. The molecule has 0 amide bonds. The van der Waals surface area contributed by atoms with Gasteiger partial charge in [-0.15, -0.1) is 12.4 Å². The zero-order valence-corrected chi connectivity index (χ0v) is 12.7. The summed E-state index contributed by atoms with van der Waals surface area (Å²) in [5, 5.41) is 0. The van der Waals surface area contributed by atoms with E-state index in [1.54, 1.807) is 0 Å². The van der Waals surface area contributed by atoms with Crippen LogP contribution in [-0.2, 0) is 6.54 Å². The molecule has 1 aromatic carbocycles. The smallest absolute Gasteiger partial charge is 0.123 e. The Hall–Kier alpha value is -0.770. The Kier molecular flexibility index (Phi) is 6.63. The Morgan fingerprint density at radius 3 is 2.79 bits per heavy atom. The van der Waals surface area contributed by atoms with Crippen molar-refractivity contribution < 1.29 is 4.74 Å². The van der Waals surface area contributed by atoms with Crippen molar-refractivity contribution in [3.63, 3.8) is 0 Å². The number of rotatable bonds is 4. The van der Waals surface area contributed by atoms with Gasteiger partial charge in [0, 0.05) is 24.7 Å². The molecule has 2 atom stereocenters. The topological polar surface area (TPSA) is 38.5 Å². The highest BCUT2D eigenvalue weighted by Crippen LogP contribution is 2.23. The normalized spacial score (nSPS) is 23.7. The van der Waals surface area contributed by atoms with Crippen LogP contribution < -0.4 is 10.5 Å². The first-order chi connectivity index (χ1) is 8.70. The maximum absolute atomic E-state index is 6.06. The van der Waals surface area contributed by atoms with Crippen LogP contribution >= 0.6 is 12.4 Å². The highest BCUT2D eigenvalue weighted by molar-refractivity contribution is 5.85. The van der Waals surface area contributed by atoms with Gasteiger partial charge in [0.05, 0.1) is 6.61 Å². The molecule has 1 heterocycles. The molecule has 0 aliphatic carbocycles. The third kappa shape index (κ3) is 4.37. The van der Waals surface area contributed by atoms with E-state index in [1.807, 2.05) is 13.0 Å². The van der Waals surface area contributed by atoms with Crippen LogP contribution in [0.2, 0.25) is 0 Å². The van der Waals surface area contributed by atoms with Gasteiger partial charge in [-0.05, 0) is 31.9 Å². The van der Waals surface area contributed by atoms with Crippen LogP contribution in [0, 0.1) is 5.92 Å². The third-order valence-electron chi connectivity index (χ3n) is 3.72. The largest absolute Gasteiger partial charge is 0.494 e. The summed E-state index contributed by atoms with van der Waals surface area (Å²) in [6.07, 6.45) is 1.10. The molecular weight excluding hydrogens is 260 g/mol. The van der Waals surface area contributed by atoms with E-state index in [9.17, 15) is 0 Å². The summed E-state index contributed by atoms with van der Waals surface area (Å²) in [6, 6.07) is 8.69. The van der Waals surface area contributed by atoms with Crippen LogP contribution in [0.1, 0.15) is 25.8 Å². The monoisotopic (exact) mass is 284 g/mol. The zero-order valence-electron chi connectivity index (χ0n) is 11.8. The molecule has 0 aromatic heterocycles. The fourth-order valence-electron chi connectivity index (χ4n) is 2.57. The maximum Gasteiger partial charge on any atom is 0.123 e. The fraction of sp³-hybridized carbons (Fsp3) is 0.600. The van der Waals surface area contributed by atoms with Gasteiger partial charge < -0.3 is 10.5 Å². The standard InChI is InChI=1S/C15H24N2O.ClH/c1-3-18-15-7-5-4-6-13(15)11-17-9-8-14(16)12(2)10-17;/h4-7,12,14H,3,8-11,16H2,1-2H3;1H. The molecule has 1 fully saturated rings. The molecule has 1 aliphatic rings. The van der Waals surface area contributed by atoms with Crippen molar-refractivity contribution in [3.8, 4) is 5.75 Å². The third-order valence-corrected chi connectivity index (χ3v) is 3.72. The summed E-state index contributed by atoms with van der Waals surface area (Å²) < 4.78 is 5.68. The second-order valence-electron chi connectivity index (χ2n) is 5.21. The molecule has 4 heteroatoms. The molecule has 3 nitrogen and oxygen atoms in total. The van der Waals surface area contributed by atoms with Crippen molar-refractivity contribution in [2.24, 2.45) is 11.7 Å². The highest BCUT2D eigenvalue weighted by atomic mass is 35.5. The van der Waals surface area contributed by atoms with Crippen molar-refractivity contribution in [3.05, 3.63) is 29.8 Å². The molecule has 1 saturated heterocycles. The lowest BCUT2D eigenvalue weighted by Crippen LogP contribution is -2.45. The van der Waals surface area contributed by atoms with E-state index in [0.29, 0.717) is 12.0 Å². The Bertz CT molecular complexity index is 386. The number of para-hydroxylation sites is 1. The second kappa shape index (κ2) is 7.73. The van der Waals surface area contributed by atoms with Crippen LogP contribution in [-0.4, -0.2) is 30.6 Å². The van der Waals surface area contributed by atoms with E-state index in [0.717, 1.165) is 38.4 Å². The van der Waals surface area contributed by atoms with Crippen molar-refractivity contribution in [1.82, 2.24) is 4.90 Å². The Labute approximate surface area is 122 Å². The lowest BCUT2D eigenvalue weighted by Gasteiger charge is -2.35. The van der Waals surface area contributed by atoms with Gasteiger partial charge in [-0.25, -0.2) is 0 Å². The average Bonchev–Trinajstić information content (AvgIpc) is 2.37. The SMILES string of the molecule is CCOc1ccccc1CN1CCC(N)C(C)C1.Cl. The zero-order chi connectivity index (χ0) is 13.0. The van der Waals surface area contributed by atoms with E-state index < -0.39 is 0 Å². The van der Waals surface area contributed by atoms with Crippen LogP contribution in [0.25, 0.3) is 0 Å². The molecule has 1 aliphatic heterocycles. The van der Waals surface area contributed by atoms with Gasteiger partial charge in [-0.2, -0.15) is 0 Å². The number of piperidine rings is 1. The number of nitrogens with two attached hydrogens (primary N) is 1. The van der Waals surface area contributed by atoms with Crippen LogP contribution in [0.15, 0.2) is 24.3 Å². The number of halogens is 1. The highest BCUT2D eigenvalue weighted by Gasteiger charge is 2.23. The average molecular weight is 285 g/mol. The summed E-state index contributed by atoms with van der Waals surface area (Å²) >= 11 is 0. The van der Waals surface area contributed by atoms with E-state index >= 15 is 0 Å². The summed E-state index contributed by atoms with van der Waals surface area (Å²) in [6.45, 7) is 8.13. The first kappa shape index (κ1) is 16.3. The quantitative estimate of drug-likeness (QED) is 0.924. The van der Waals surface area contributed by atoms with Crippen molar-refractivity contribution in [2.45, 2.75) is 32.9 Å². The number of ether oxygens (including phenoxy) is 1. The van der Waals surface area contributed by atoms with Crippen LogP contribution in [0.5, 0.6) is 5.75 Å². The van der Waals surface area contributed by atoms with Gasteiger partial charge in [-0.3, -0.25) is 4.90 Å². The Morgan fingerprint density at radius 2 is 2.11 bits per heavy atom. The minimum atomic E-state index is 0. The molecule has 0 bridgehead atoms. The summed E-state index contributed by atoms with van der Waals surface area (Å²) in [7, 11) is 0. The lowest BCUT2D eigenvalue weighted by molar-refractivity contribution is 0.156. The molecule has 0 spiro atoms. The van der Waals surface area contributed by atoms with Gasteiger partial charge in [0.15, 0.2) is 0 Å². The lowest BCUT2D eigenvalue weighted by atomic mass is 9.94. The molecule has 2 rings (SSSR count). The molecule has 2 unspecified atom stereocenters. The Morgan fingerprint density at radius 1 is 1.37 bits per heavy atom. The van der Waals surface area contributed by atoms with Gasteiger partial charge in [0.2, 0.25) is 0 Å². The number of likely N-dealkylation sites (tertiary alicyclic amines) is 1. The second-order valence-corrected chi connectivity index (χ2v) is 5.21. The predicted molar refractivity (Wildman–Crippen MR) is 81.9 cm³/mol. The molecule has 0 radical (unpaired) electrons. The van der Waals surface area contributed by atoms with E-state index in [-0.39, 0.29) is 12.4 Å². The van der Waals surface area contributed by atoms with Gasteiger partial charge >= 0.3 is 0 Å². The molecule has 2 N–H and O–H groups in total. The number of hydrogen-bond acceptors (Lipinski definition) is 3. The fourth-order valence-corrected chi connectivity index (χ4v) is 2.57. The van der Waals surface area contributed by atoms with Crippen molar-refractivity contribution >= 4 is 12.4 Å². The maximum atomic E-state index is 6.06. The van der Waals surface area contributed by atoms with Gasteiger partial charge in [-0.1, -0.05) is 25.1 Å². The summed E-state index contributed by atoms with van der Waals surface area (Å²) in [5.41, 5.74) is 7.34. The molecule has 0 saturated carbocycles. The predicted octanol–water partition coefficient (Wildman–Crippen LogP) is 2.68.